The van der Waals surface area contributed by atoms with E-state index < -0.39 is 17.9 Å². The number of hydrogen-bond donors (Lipinski definition) is 3. The van der Waals surface area contributed by atoms with Crippen molar-refractivity contribution < 1.29 is 19.4 Å². The second-order valence-corrected chi connectivity index (χ2v) is 8.60. The molecule has 1 aliphatic carbocycles. The Hall–Kier alpha value is -3.00. The first-order chi connectivity index (χ1) is 15.6. The highest BCUT2D eigenvalue weighted by Crippen LogP contribution is 2.34. The number of nitrogens with one attached hydrogen (secondary N) is 2. The van der Waals surface area contributed by atoms with Gasteiger partial charge in [-0.3, -0.25) is 9.78 Å². The van der Waals surface area contributed by atoms with E-state index >= 15 is 0 Å². The number of aliphatic carboxylic acids is 1. The number of carboxylic acid groups (broad SMARTS) is 1. The van der Waals surface area contributed by atoms with Gasteiger partial charge in [0.2, 0.25) is 0 Å². The number of amides is 1. The fraction of sp³-hybridized carbons (Fsp3) is 0.500. The van der Waals surface area contributed by atoms with Gasteiger partial charge in [0, 0.05) is 43.2 Å². The lowest BCUT2D eigenvalue weighted by atomic mass is 9.79. The number of carboxylic acids is 1. The molecule has 8 heteroatoms. The van der Waals surface area contributed by atoms with Crippen LogP contribution in [0.25, 0.3) is 0 Å². The van der Waals surface area contributed by atoms with Gasteiger partial charge in [-0.2, -0.15) is 0 Å². The minimum absolute atomic E-state index is 0.170. The van der Waals surface area contributed by atoms with Crippen LogP contribution in [-0.4, -0.2) is 52.2 Å². The van der Waals surface area contributed by atoms with E-state index in [1.807, 2.05) is 0 Å². The highest BCUT2D eigenvalue weighted by atomic mass is 16.5. The molecule has 0 radical (unpaired) electrons. The van der Waals surface area contributed by atoms with Crippen molar-refractivity contribution >= 4 is 17.7 Å². The Morgan fingerprint density at radius 3 is 2.81 bits per heavy atom. The number of carbonyl (C=O) groups excluding carboxylic acids is 1. The Morgan fingerprint density at radius 2 is 2.03 bits per heavy atom. The Morgan fingerprint density at radius 1 is 1.22 bits per heavy atom. The quantitative estimate of drug-likeness (QED) is 0.523. The summed E-state index contributed by atoms with van der Waals surface area (Å²) in [6.07, 6.45) is 9.71. The summed E-state index contributed by atoms with van der Waals surface area (Å²) in [5.41, 5.74) is 2.84. The lowest BCUT2D eigenvalue weighted by Crippen LogP contribution is -2.42. The number of ether oxygens (including phenoxy) is 1. The largest absolute Gasteiger partial charge is 0.480 e. The Labute approximate surface area is 187 Å². The number of rotatable bonds is 10. The predicted octanol–water partition coefficient (Wildman–Crippen LogP) is 2.84. The summed E-state index contributed by atoms with van der Waals surface area (Å²) in [4.78, 5) is 32.3. The summed E-state index contributed by atoms with van der Waals surface area (Å²) in [5.74, 6) is 0.184. The molecule has 0 aromatic carbocycles. The van der Waals surface area contributed by atoms with Gasteiger partial charge >= 0.3 is 5.97 Å². The summed E-state index contributed by atoms with van der Waals surface area (Å²) in [6, 6.07) is 6.47. The van der Waals surface area contributed by atoms with Gasteiger partial charge in [-0.15, -0.1) is 0 Å². The van der Waals surface area contributed by atoms with Crippen LogP contribution in [0.15, 0.2) is 36.7 Å². The number of fused-ring (bicyclic) bond motifs is 1. The van der Waals surface area contributed by atoms with Gasteiger partial charge in [-0.1, -0.05) is 6.07 Å². The third kappa shape index (κ3) is 5.82. The van der Waals surface area contributed by atoms with Crippen LogP contribution >= 0.6 is 0 Å². The molecule has 32 heavy (non-hydrogen) atoms. The van der Waals surface area contributed by atoms with Crippen molar-refractivity contribution in [1.29, 1.82) is 0 Å². The number of nitrogens with zero attached hydrogens (tertiary/aromatic N) is 2. The molecule has 2 aromatic heterocycles. The van der Waals surface area contributed by atoms with Crippen LogP contribution in [0.2, 0.25) is 0 Å². The van der Waals surface area contributed by atoms with Crippen molar-refractivity contribution in [3.63, 3.8) is 0 Å². The molecule has 0 spiro atoms. The zero-order valence-electron chi connectivity index (χ0n) is 18.1. The second-order valence-electron chi connectivity index (χ2n) is 8.60. The maximum absolute atomic E-state index is 12.2. The zero-order valence-corrected chi connectivity index (χ0v) is 18.1. The van der Waals surface area contributed by atoms with Gasteiger partial charge in [0.25, 0.3) is 5.91 Å². The first-order valence-electron chi connectivity index (χ1n) is 11.4. The van der Waals surface area contributed by atoms with E-state index in [0.29, 0.717) is 18.1 Å². The van der Waals surface area contributed by atoms with Crippen LogP contribution in [0.4, 0.5) is 5.82 Å². The average Bonchev–Trinajstić information content (AvgIpc) is 2.79. The molecule has 1 amide bonds. The van der Waals surface area contributed by atoms with Crippen LogP contribution < -0.4 is 10.6 Å². The number of hydrogen-bond acceptors (Lipinski definition) is 6. The van der Waals surface area contributed by atoms with Crippen molar-refractivity contribution in [2.24, 2.45) is 5.92 Å². The SMILES string of the molecule is O=C(NC(CCO[C@H]1C[C@H](CCc2ccc3c(n2)NCCC3)C1)C(=O)O)c1ccncc1. The molecule has 1 fully saturated rings. The van der Waals surface area contributed by atoms with E-state index in [1.165, 1.54) is 24.4 Å². The van der Waals surface area contributed by atoms with Crippen molar-refractivity contribution in [2.45, 2.75) is 57.1 Å². The lowest BCUT2D eigenvalue weighted by molar-refractivity contribution is -0.140. The molecular weight excluding hydrogens is 408 g/mol. The smallest absolute Gasteiger partial charge is 0.326 e. The van der Waals surface area contributed by atoms with Crippen LogP contribution in [0, 0.1) is 5.92 Å². The molecule has 1 saturated carbocycles. The molecule has 1 atom stereocenters. The molecule has 3 N–H and O–H groups in total. The average molecular weight is 439 g/mol. The van der Waals surface area contributed by atoms with E-state index in [1.54, 1.807) is 12.1 Å². The number of pyridine rings is 2. The molecule has 8 nitrogen and oxygen atoms in total. The fourth-order valence-electron chi connectivity index (χ4n) is 4.26. The van der Waals surface area contributed by atoms with Gasteiger partial charge < -0.3 is 20.5 Å². The lowest BCUT2D eigenvalue weighted by Gasteiger charge is -2.35. The normalized spacial score (nSPS) is 20.4. The number of aromatic nitrogens is 2. The number of aryl methyl sites for hydroxylation is 2. The standard InChI is InChI=1S/C24H30N4O4/c29-23(18-7-11-25-12-8-18)28-21(24(30)31)9-13-32-20-14-16(15-20)3-5-19-6-4-17-2-1-10-26-22(17)27-19/h4,6-8,11-12,16,20-21H,1-3,5,9-10,13-15H2,(H,26,27)(H,28,29)(H,30,31)/t16-,20-,21?. The molecule has 2 aliphatic rings. The minimum atomic E-state index is -1.06. The fourth-order valence-corrected chi connectivity index (χ4v) is 4.26. The summed E-state index contributed by atoms with van der Waals surface area (Å²) in [5, 5.41) is 15.3. The molecule has 2 aromatic rings. The zero-order chi connectivity index (χ0) is 22.3. The molecule has 4 rings (SSSR count). The maximum atomic E-state index is 12.2. The van der Waals surface area contributed by atoms with Gasteiger partial charge in [-0.25, -0.2) is 9.78 Å². The highest BCUT2D eigenvalue weighted by Gasteiger charge is 2.30. The van der Waals surface area contributed by atoms with Crippen molar-refractivity contribution in [3.8, 4) is 0 Å². The van der Waals surface area contributed by atoms with Crippen LogP contribution in [0.3, 0.4) is 0 Å². The van der Waals surface area contributed by atoms with Crippen LogP contribution in [0.5, 0.6) is 0 Å². The molecular formula is C24H30N4O4. The summed E-state index contributed by atoms with van der Waals surface area (Å²) in [6.45, 7) is 1.31. The number of anilines is 1. The van der Waals surface area contributed by atoms with Gasteiger partial charge in [0.1, 0.15) is 11.9 Å². The highest BCUT2D eigenvalue weighted by molar-refractivity contribution is 5.96. The molecule has 0 bridgehead atoms. The maximum Gasteiger partial charge on any atom is 0.326 e. The van der Waals surface area contributed by atoms with Gasteiger partial charge in [0.05, 0.1) is 6.10 Å². The molecule has 1 unspecified atom stereocenters. The molecule has 0 saturated heterocycles. The van der Waals surface area contributed by atoms with Crippen molar-refractivity contribution in [2.75, 3.05) is 18.5 Å². The molecule has 3 heterocycles. The van der Waals surface area contributed by atoms with E-state index in [2.05, 4.69) is 27.8 Å². The van der Waals surface area contributed by atoms with Crippen LogP contribution in [-0.2, 0) is 22.4 Å². The van der Waals surface area contributed by atoms with Crippen LogP contribution in [0.1, 0.15) is 53.7 Å². The van der Waals surface area contributed by atoms with E-state index in [4.69, 9.17) is 9.72 Å². The minimum Gasteiger partial charge on any atom is -0.480 e. The first-order valence-corrected chi connectivity index (χ1v) is 11.4. The van der Waals surface area contributed by atoms with Gasteiger partial charge in [-0.05, 0) is 68.2 Å². The Balaban J connectivity index is 1.14. The summed E-state index contributed by atoms with van der Waals surface area (Å²) >= 11 is 0. The van der Waals surface area contributed by atoms with Crippen molar-refractivity contribution in [3.05, 3.63) is 53.5 Å². The van der Waals surface area contributed by atoms with Crippen molar-refractivity contribution in [1.82, 2.24) is 15.3 Å². The van der Waals surface area contributed by atoms with E-state index in [9.17, 15) is 14.7 Å². The Bertz CT molecular complexity index is 931. The topological polar surface area (TPSA) is 113 Å². The summed E-state index contributed by atoms with van der Waals surface area (Å²) < 4.78 is 5.85. The monoisotopic (exact) mass is 438 g/mol. The number of carbonyl (C=O) groups is 2. The second kappa shape index (κ2) is 10.5. The third-order valence-corrected chi connectivity index (χ3v) is 6.26. The predicted molar refractivity (Wildman–Crippen MR) is 120 cm³/mol. The molecule has 170 valence electrons. The third-order valence-electron chi connectivity index (χ3n) is 6.26. The van der Waals surface area contributed by atoms with E-state index in [0.717, 1.165) is 50.2 Å². The van der Waals surface area contributed by atoms with Gasteiger partial charge in [0.15, 0.2) is 0 Å². The summed E-state index contributed by atoms with van der Waals surface area (Å²) in [7, 11) is 0. The van der Waals surface area contributed by atoms with E-state index in [-0.39, 0.29) is 12.5 Å². The molecule has 1 aliphatic heterocycles. The Kier molecular flexibility index (Phi) is 7.32. The first kappa shape index (κ1) is 22.2.